The molecular weight excluding hydrogens is 326 g/mol. The minimum atomic E-state index is -0.0738. The molecule has 2 aromatic rings. The molecule has 0 bridgehead atoms. The Morgan fingerprint density at radius 2 is 2.09 bits per heavy atom. The normalized spacial score (nSPS) is 12.6. The second-order valence-electron chi connectivity index (χ2n) is 6.34. The average Bonchev–Trinajstić information content (AvgIpc) is 3.13. The highest BCUT2D eigenvalue weighted by Gasteiger charge is 2.26. The monoisotopic (exact) mass is 347 g/mol. The van der Waals surface area contributed by atoms with E-state index in [1.54, 1.807) is 22.8 Å². The molecule has 1 amide bonds. The number of carbonyl (C=O) groups is 1. The summed E-state index contributed by atoms with van der Waals surface area (Å²) in [7, 11) is 0. The van der Waals surface area contributed by atoms with E-state index < -0.39 is 0 Å². The molecule has 0 fully saturated rings. The van der Waals surface area contributed by atoms with Crippen molar-refractivity contribution in [2.75, 3.05) is 11.9 Å². The maximum Gasteiger partial charge on any atom is 0.226 e. The minimum absolute atomic E-state index is 0.0725. The predicted molar refractivity (Wildman–Crippen MR) is 96.8 cm³/mol. The summed E-state index contributed by atoms with van der Waals surface area (Å²) in [4.78, 5) is 13.3. The average molecular weight is 348 g/mol. The highest BCUT2D eigenvalue weighted by Crippen LogP contribution is 2.35. The molecule has 0 spiro atoms. The van der Waals surface area contributed by atoms with Gasteiger partial charge in [-0.05, 0) is 28.3 Å². The first-order valence-corrected chi connectivity index (χ1v) is 9.22. The Bertz CT molecular complexity index is 678. The van der Waals surface area contributed by atoms with Crippen LogP contribution in [0, 0.1) is 16.7 Å². The second kappa shape index (κ2) is 7.73. The van der Waals surface area contributed by atoms with Crippen LogP contribution >= 0.6 is 22.7 Å². The van der Waals surface area contributed by atoms with Gasteiger partial charge in [0.2, 0.25) is 5.91 Å². The quantitative estimate of drug-likeness (QED) is 0.814. The third-order valence-corrected chi connectivity index (χ3v) is 5.20. The van der Waals surface area contributed by atoms with Crippen molar-refractivity contribution in [2.45, 2.75) is 33.2 Å². The Labute approximate surface area is 145 Å². The van der Waals surface area contributed by atoms with Crippen LogP contribution in [0.1, 0.15) is 43.7 Å². The van der Waals surface area contributed by atoms with Crippen molar-refractivity contribution < 1.29 is 4.79 Å². The molecule has 0 aromatic carbocycles. The standard InChI is InChI=1S/C17H21N3OS2/c1-17(2,3)15(13-5-4-9-22-13)19-8-6-14(21)20-16-12(11-18)7-10-23-16/h4-5,7,9-10,15,19H,6,8H2,1-3H3,(H,20,21)/t15-/m1/s1. The zero-order chi connectivity index (χ0) is 16.9. The number of rotatable bonds is 6. The summed E-state index contributed by atoms with van der Waals surface area (Å²) in [5, 5.41) is 19.8. The fourth-order valence-electron chi connectivity index (χ4n) is 2.30. The van der Waals surface area contributed by atoms with Gasteiger partial charge in [0.05, 0.1) is 5.56 Å². The van der Waals surface area contributed by atoms with Crippen LogP contribution in [0.5, 0.6) is 0 Å². The van der Waals surface area contributed by atoms with Crippen LogP contribution < -0.4 is 10.6 Å². The molecule has 0 aliphatic rings. The lowest BCUT2D eigenvalue weighted by molar-refractivity contribution is -0.116. The third kappa shape index (κ3) is 4.90. The fourth-order valence-corrected chi connectivity index (χ4v) is 4.10. The van der Waals surface area contributed by atoms with Crippen molar-refractivity contribution >= 4 is 33.6 Å². The van der Waals surface area contributed by atoms with Gasteiger partial charge < -0.3 is 10.6 Å². The molecule has 2 rings (SSSR count). The summed E-state index contributed by atoms with van der Waals surface area (Å²) in [6, 6.07) is 8.18. The Hall–Kier alpha value is -1.68. The highest BCUT2D eigenvalue weighted by molar-refractivity contribution is 7.14. The molecule has 4 nitrogen and oxygen atoms in total. The van der Waals surface area contributed by atoms with Gasteiger partial charge in [-0.25, -0.2) is 0 Å². The number of amides is 1. The lowest BCUT2D eigenvalue weighted by atomic mass is 9.85. The zero-order valence-corrected chi connectivity index (χ0v) is 15.2. The molecule has 0 saturated heterocycles. The van der Waals surface area contributed by atoms with E-state index in [1.165, 1.54) is 16.2 Å². The van der Waals surface area contributed by atoms with Crippen molar-refractivity contribution in [2.24, 2.45) is 5.41 Å². The van der Waals surface area contributed by atoms with E-state index in [1.807, 2.05) is 6.07 Å². The molecule has 0 aliphatic heterocycles. The van der Waals surface area contributed by atoms with Crippen molar-refractivity contribution in [1.82, 2.24) is 5.32 Å². The van der Waals surface area contributed by atoms with Gasteiger partial charge in [0.1, 0.15) is 11.1 Å². The molecule has 2 aromatic heterocycles. The van der Waals surface area contributed by atoms with Crippen LogP contribution in [0.2, 0.25) is 0 Å². The molecule has 2 N–H and O–H groups in total. The smallest absolute Gasteiger partial charge is 0.226 e. The van der Waals surface area contributed by atoms with Crippen LogP contribution in [-0.4, -0.2) is 12.5 Å². The number of thiophene rings is 2. The molecule has 23 heavy (non-hydrogen) atoms. The SMILES string of the molecule is CC(C)(C)[C@H](NCCC(=O)Nc1sccc1C#N)c1cccs1. The summed E-state index contributed by atoms with van der Waals surface area (Å²) >= 11 is 3.10. The number of nitrogens with one attached hydrogen (secondary N) is 2. The van der Waals surface area contributed by atoms with Crippen molar-refractivity contribution in [1.29, 1.82) is 5.26 Å². The first-order valence-electron chi connectivity index (χ1n) is 7.46. The van der Waals surface area contributed by atoms with Crippen LogP contribution in [-0.2, 0) is 4.79 Å². The Kier molecular flexibility index (Phi) is 5.94. The van der Waals surface area contributed by atoms with Gasteiger partial charge in [0.15, 0.2) is 0 Å². The van der Waals surface area contributed by atoms with E-state index in [0.717, 1.165) is 0 Å². The second-order valence-corrected chi connectivity index (χ2v) is 8.24. The Morgan fingerprint density at radius 3 is 2.70 bits per heavy atom. The first-order chi connectivity index (χ1) is 10.9. The van der Waals surface area contributed by atoms with Crippen molar-refractivity contribution in [3.8, 4) is 6.07 Å². The third-order valence-electron chi connectivity index (χ3n) is 3.43. The van der Waals surface area contributed by atoms with Gasteiger partial charge in [-0.15, -0.1) is 22.7 Å². The molecule has 0 unspecified atom stereocenters. The van der Waals surface area contributed by atoms with Gasteiger partial charge >= 0.3 is 0 Å². The molecule has 1 atom stereocenters. The summed E-state index contributed by atoms with van der Waals surface area (Å²) in [6.45, 7) is 7.17. The number of carbonyl (C=O) groups excluding carboxylic acids is 1. The van der Waals surface area contributed by atoms with E-state index in [2.05, 4.69) is 48.9 Å². The number of nitriles is 1. The highest BCUT2D eigenvalue weighted by atomic mass is 32.1. The maximum absolute atomic E-state index is 12.0. The van der Waals surface area contributed by atoms with E-state index in [-0.39, 0.29) is 17.4 Å². The summed E-state index contributed by atoms with van der Waals surface area (Å²) in [5.74, 6) is -0.0738. The zero-order valence-electron chi connectivity index (χ0n) is 13.6. The fraction of sp³-hybridized carbons (Fsp3) is 0.412. The van der Waals surface area contributed by atoms with Gasteiger partial charge in [-0.2, -0.15) is 5.26 Å². The van der Waals surface area contributed by atoms with Crippen LogP contribution in [0.4, 0.5) is 5.00 Å². The topological polar surface area (TPSA) is 64.9 Å². The predicted octanol–water partition coefficient (Wildman–Crippen LogP) is 4.39. The molecule has 122 valence electrons. The Balaban J connectivity index is 1.88. The molecular formula is C17H21N3OS2. The molecule has 0 radical (unpaired) electrons. The van der Waals surface area contributed by atoms with Gasteiger partial charge in [-0.3, -0.25) is 4.79 Å². The van der Waals surface area contributed by atoms with E-state index in [0.29, 0.717) is 23.5 Å². The summed E-state index contributed by atoms with van der Waals surface area (Å²) < 4.78 is 0. The van der Waals surface area contributed by atoms with Gasteiger partial charge in [0.25, 0.3) is 0 Å². The largest absolute Gasteiger partial charge is 0.317 e. The maximum atomic E-state index is 12.0. The van der Waals surface area contributed by atoms with Crippen LogP contribution in [0.15, 0.2) is 29.0 Å². The first kappa shape index (κ1) is 17.7. The van der Waals surface area contributed by atoms with Crippen LogP contribution in [0.25, 0.3) is 0 Å². The number of hydrogen-bond donors (Lipinski definition) is 2. The van der Waals surface area contributed by atoms with Crippen LogP contribution in [0.3, 0.4) is 0 Å². The van der Waals surface area contributed by atoms with E-state index in [4.69, 9.17) is 5.26 Å². The number of hydrogen-bond acceptors (Lipinski definition) is 5. The van der Waals surface area contributed by atoms with Crippen molar-refractivity contribution in [3.63, 3.8) is 0 Å². The van der Waals surface area contributed by atoms with Gasteiger partial charge in [0, 0.05) is 23.9 Å². The summed E-state index contributed by atoms with van der Waals surface area (Å²) in [6.07, 6.45) is 0.376. The Morgan fingerprint density at radius 1 is 1.30 bits per heavy atom. The molecule has 6 heteroatoms. The minimum Gasteiger partial charge on any atom is -0.317 e. The van der Waals surface area contributed by atoms with Gasteiger partial charge in [-0.1, -0.05) is 26.8 Å². The molecule has 0 saturated carbocycles. The van der Waals surface area contributed by atoms with E-state index in [9.17, 15) is 4.79 Å². The lowest BCUT2D eigenvalue weighted by Crippen LogP contribution is -2.33. The lowest BCUT2D eigenvalue weighted by Gasteiger charge is -2.31. The number of anilines is 1. The molecule has 0 aliphatic carbocycles. The van der Waals surface area contributed by atoms with E-state index >= 15 is 0 Å². The van der Waals surface area contributed by atoms with Crippen molar-refractivity contribution in [3.05, 3.63) is 39.4 Å². The number of nitrogens with zero attached hydrogens (tertiary/aromatic N) is 1. The summed E-state index contributed by atoms with van der Waals surface area (Å²) in [5.41, 5.74) is 0.589. The molecule has 2 heterocycles.